The maximum Gasteiger partial charge on any atom is 0.306 e. The van der Waals surface area contributed by atoms with Crippen LogP contribution in [-0.2, 0) is 9.53 Å². The second-order valence-corrected chi connectivity index (χ2v) is 7.61. The number of esters is 1. The van der Waals surface area contributed by atoms with Crippen molar-refractivity contribution in [2.75, 3.05) is 6.54 Å². The summed E-state index contributed by atoms with van der Waals surface area (Å²) in [5.41, 5.74) is 6.32. The van der Waals surface area contributed by atoms with Crippen LogP contribution < -0.4 is 5.73 Å². The number of hydrogen-bond acceptors (Lipinski definition) is 3. The number of nitrogens with two attached hydrogens (primary N) is 1. The molecule has 17 heavy (non-hydrogen) atoms. The van der Waals surface area contributed by atoms with Crippen LogP contribution in [0, 0.1) is 16.2 Å². The van der Waals surface area contributed by atoms with Crippen LogP contribution in [0.15, 0.2) is 0 Å². The van der Waals surface area contributed by atoms with Crippen molar-refractivity contribution < 1.29 is 9.53 Å². The van der Waals surface area contributed by atoms with Crippen LogP contribution >= 0.6 is 0 Å². The number of hydrogen-bond donors (Lipinski definition) is 1. The maximum atomic E-state index is 11.6. The maximum absolute atomic E-state index is 11.6. The Bertz CT molecular complexity index is 317. The SMILES string of the molecule is CC1(C)CC(C)(C)CC2(CC(=O)OC2CN)C1. The van der Waals surface area contributed by atoms with Gasteiger partial charge in [0, 0.05) is 12.0 Å². The monoisotopic (exact) mass is 239 g/mol. The van der Waals surface area contributed by atoms with Gasteiger partial charge in [-0.2, -0.15) is 0 Å². The smallest absolute Gasteiger partial charge is 0.306 e. The zero-order valence-corrected chi connectivity index (χ0v) is 11.5. The number of ether oxygens (including phenoxy) is 1. The lowest BCUT2D eigenvalue weighted by Gasteiger charge is -2.51. The molecule has 0 radical (unpaired) electrons. The Balaban J connectivity index is 2.33. The average molecular weight is 239 g/mol. The highest BCUT2D eigenvalue weighted by molar-refractivity contribution is 5.73. The van der Waals surface area contributed by atoms with Gasteiger partial charge in [0.2, 0.25) is 0 Å². The number of rotatable bonds is 1. The van der Waals surface area contributed by atoms with Gasteiger partial charge in [-0.3, -0.25) is 4.79 Å². The Morgan fingerprint density at radius 1 is 1.18 bits per heavy atom. The van der Waals surface area contributed by atoms with Gasteiger partial charge in [-0.1, -0.05) is 27.7 Å². The average Bonchev–Trinajstić information content (AvgIpc) is 2.34. The molecule has 1 spiro atoms. The van der Waals surface area contributed by atoms with E-state index in [-0.39, 0.29) is 28.3 Å². The molecule has 2 rings (SSSR count). The normalized spacial score (nSPS) is 33.7. The van der Waals surface area contributed by atoms with Crippen molar-refractivity contribution in [2.24, 2.45) is 22.0 Å². The molecule has 1 heterocycles. The van der Waals surface area contributed by atoms with Gasteiger partial charge in [-0.05, 0) is 30.1 Å². The first-order valence-electron chi connectivity index (χ1n) is 6.58. The summed E-state index contributed by atoms with van der Waals surface area (Å²) in [7, 11) is 0. The fraction of sp³-hybridized carbons (Fsp3) is 0.929. The molecule has 2 aliphatic rings. The topological polar surface area (TPSA) is 52.3 Å². The Morgan fingerprint density at radius 2 is 1.71 bits per heavy atom. The van der Waals surface area contributed by atoms with Crippen LogP contribution in [0.5, 0.6) is 0 Å². The molecule has 2 fully saturated rings. The van der Waals surface area contributed by atoms with Crippen molar-refractivity contribution in [3.8, 4) is 0 Å². The van der Waals surface area contributed by atoms with E-state index in [0.717, 1.165) is 12.8 Å². The molecular formula is C14H25NO2. The van der Waals surface area contributed by atoms with E-state index in [9.17, 15) is 4.79 Å². The summed E-state index contributed by atoms with van der Waals surface area (Å²) in [5.74, 6) is -0.0612. The first-order valence-corrected chi connectivity index (χ1v) is 6.58. The third-order valence-corrected chi connectivity index (χ3v) is 4.29. The Hall–Kier alpha value is -0.570. The second-order valence-electron chi connectivity index (χ2n) is 7.61. The van der Waals surface area contributed by atoms with Gasteiger partial charge in [-0.15, -0.1) is 0 Å². The van der Waals surface area contributed by atoms with E-state index in [4.69, 9.17) is 10.5 Å². The summed E-state index contributed by atoms with van der Waals surface area (Å²) in [6.45, 7) is 9.65. The molecule has 0 aromatic carbocycles. The van der Waals surface area contributed by atoms with Gasteiger partial charge < -0.3 is 10.5 Å². The standard InChI is InChI=1S/C14H25NO2/c1-12(2)7-13(3,4)9-14(8-12)5-11(16)17-10(14)6-15/h10H,5-9,15H2,1-4H3. The molecule has 1 saturated carbocycles. The van der Waals surface area contributed by atoms with Gasteiger partial charge in [0.15, 0.2) is 0 Å². The van der Waals surface area contributed by atoms with Gasteiger partial charge in [0.1, 0.15) is 6.10 Å². The molecule has 1 unspecified atom stereocenters. The molecule has 0 bridgehead atoms. The van der Waals surface area contributed by atoms with Gasteiger partial charge in [0.25, 0.3) is 0 Å². The predicted octanol–water partition coefficient (Wildman–Crippen LogP) is 2.48. The molecule has 1 saturated heterocycles. The van der Waals surface area contributed by atoms with Gasteiger partial charge >= 0.3 is 5.97 Å². The third kappa shape index (κ3) is 2.35. The van der Waals surface area contributed by atoms with E-state index in [1.807, 2.05) is 0 Å². The van der Waals surface area contributed by atoms with Crippen LogP contribution in [0.1, 0.15) is 53.4 Å². The van der Waals surface area contributed by atoms with Crippen LogP contribution in [0.4, 0.5) is 0 Å². The first-order chi connectivity index (χ1) is 7.68. The number of carbonyl (C=O) groups is 1. The van der Waals surface area contributed by atoms with E-state index >= 15 is 0 Å². The highest BCUT2D eigenvalue weighted by atomic mass is 16.6. The van der Waals surface area contributed by atoms with E-state index in [1.54, 1.807) is 0 Å². The third-order valence-electron chi connectivity index (χ3n) is 4.29. The highest BCUT2D eigenvalue weighted by Gasteiger charge is 2.56. The Labute approximate surface area is 104 Å². The van der Waals surface area contributed by atoms with Crippen molar-refractivity contribution in [3.05, 3.63) is 0 Å². The fourth-order valence-electron chi connectivity index (χ4n) is 4.77. The van der Waals surface area contributed by atoms with E-state index < -0.39 is 0 Å². The molecule has 0 amide bonds. The molecule has 3 heteroatoms. The summed E-state index contributed by atoms with van der Waals surface area (Å²) in [6, 6.07) is 0. The second kappa shape index (κ2) is 3.71. The molecule has 0 aromatic rings. The Kier molecular flexibility index (Phi) is 2.81. The first kappa shape index (κ1) is 12.9. The lowest BCUT2D eigenvalue weighted by molar-refractivity contribution is -0.141. The lowest BCUT2D eigenvalue weighted by atomic mass is 9.53. The molecular weight excluding hydrogens is 214 g/mol. The van der Waals surface area contributed by atoms with Gasteiger partial charge in [0.05, 0.1) is 6.42 Å². The summed E-state index contributed by atoms with van der Waals surface area (Å²) < 4.78 is 5.43. The Morgan fingerprint density at radius 3 is 2.18 bits per heavy atom. The minimum absolute atomic E-state index is 0.0168. The molecule has 3 nitrogen and oxygen atoms in total. The zero-order chi connectivity index (χ0) is 12.9. The predicted molar refractivity (Wildman–Crippen MR) is 67.4 cm³/mol. The zero-order valence-electron chi connectivity index (χ0n) is 11.5. The van der Waals surface area contributed by atoms with Crippen molar-refractivity contribution in [2.45, 2.75) is 59.5 Å². The molecule has 1 aliphatic carbocycles. The van der Waals surface area contributed by atoms with E-state index in [2.05, 4.69) is 27.7 Å². The molecule has 1 atom stereocenters. The van der Waals surface area contributed by atoms with Crippen LogP contribution in [0.3, 0.4) is 0 Å². The fourth-order valence-corrected chi connectivity index (χ4v) is 4.77. The van der Waals surface area contributed by atoms with Crippen LogP contribution in [0.2, 0.25) is 0 Å². The van der Waals surface area contributed by atoms with Crippen molar-refractivity contribution in [1.29, 1.82) is 0 Å². The van der Waals surface area contributed by atoms with E-state index in [1.165, 1.54) is 6.42 Å². The summed E-state index contributed by atoms with van der Waals surface area (Å²) >= 11 is 0. The lowest BCUT2D eigenvalue weighted by Crippen LogP contribution is -2.47. The minimum atomic E-state index is -0.0751. The van der Waals surface area contributed by atoms with Crippen LogP contribution in [-0.4, -0.2) is 18.6 Å². The van der Waals surface area contributed by atoms with Crippen molar-refractivity contribution in [3.63, 3.8) is 0 Å². The molecule has 1 aliphatic heterocycles. The molecule has 98 valence electrons. The van der Waals surface area contributed by atoms with Crippen molar-refractivity contribution in [1.82, 2.24) is 0 Å². The minimum Gasteiger partial charge on any atom is -0.460 e. The quantitative estimate of drug-likeness (QED) is 0.715. The summed E-state index contributed by atoms with van der Waals surface area (Å²) in [4.78, 5) is 11.6. The number of cyclic esters (lactones) is 1. The highest BCUT2D eigenvalue weighted by Crippen LogP contribution is 2.59. The van der Waals surface area contributed by atoms with Crippen molar-refractivity contribution >= 4 is 5.97 Å². The molecule has 0 aromatic heterocycles. The van der Waals surface area contributed by atoms with Gasteiger partial charge in [-0.25, -0.2) is 0 Å². The molecule has 2 N–H and O–H groups in total. The summed E-state index contributed by atoms with van der Waals surface area (Å²) in [5, 5.41) is 0. The summed E-state index contributed by atoms with van der Waals surface area (Å²) in [6.07, 6.45) is 3.79. The van der Waals surface area contributed by atoms with Crippen LogP contribution in [0.25, 0.3) is 0 Å². The number of carbonyl (C=O) groups excluding carboxylic acids is 1. The largest absolute Gasteiger partial charge is 0.460 e. The van der Waals surface area contributed by atoms with E-state index in [0.29, 0.717) is 13.0 Å².